The van der Waals surface area contributed by atoms with Crippen LogP contribution in [-0.4, -0.2) is 38.8 Å². The Labute approximate surface area is 261 Å². The van der Waals surface area contributed by atoms with Gasteiger partial charge in [-0.05, 0) is 63.9 Å². The molecule has 4 rings (SSSR count). The van der Waals surface area contributed by atoms with Crippen molar-refractivity contribution in [3.8, 4) is 22.5 Å². The first-order chi connectivity index (χ1) is 21.1. The Balaban J connectivity index is 0.000000978. The predicted octanol–water partition coefficient (Wildman–Crippen LogP) is 2.84. The van der Waals surface area contributed by atoms with Gasteiger partial charge in [-0.25, -0.2) is 28.0 Å². The average Bonchev–Trinajstić information content (AvgIpc) is 3.00. The van der Waals surface area contributed by atoms with Gasteiger partial charge in [0.1, 0.15) is 24.4 Å². The number of halogens is 1. The number of ether oxygens (including phenoxy) is 1. The molecule has 0 amide bonds. The number of hydrogen-bond donors (Lipinski definition) is 0. The van der Waals surface area contributed by atoms with E-state index in [4.69, 9.17) is 27.8 Å². The fraction of sp³-hybridized carbons (Fsp3) is 0.412. The van der Waals surface area contributed by atoms with Crippen LogP contribution < -0.4 is 33.5 Å². The molecule has 9 nitrogen and oxygen atoms in total. The second-order valence-electron chi connectivity index (χ2n) is 10.3. The highest BCUT2D eigenvalue weighted by atomic mass is 35.7. The molecule has 1 aliphatic heterocycles. The molecule has 2 aromatic carbocycles. The van der Waals surface area contributed by atoms with Crippen LogP contribution in [0.25, 0.3) is 33.4 Å². The minimum absolute atomic E-state index is 0.274. The normalized spacial score (nSPS) is 11.3. The molecule has 0 fully saturated rings. The summed E-state index contributed by atoms with van der Waals surface area (Å²) in [7, 11) is -4.94. The highest BCUT2D eigenvalue weighted by Gasteiger charge is 2.23. The van der Waals surface area contributed by atoms with Gasteiger partial charge in [-0.1, -0.05) is 44.4 Å². The standard InChI is InChI=1S/C34H43N2O3.ClHO4/c1-6-11-12-15-22-38-34(37)28-17-14-13-16-27(28)33-29-20-18-25(35(7-2)8-3)23-31(29)39-32-24-26(19-21-30(32)33)36(9-4)10-5;2-1(3,4)5/h13-14,16-21,23-24H,6-12,15,22H2,1-5H3;(H,2,3,4,5)/q+1;/p-1. The predicted molar refractivity (Wildman–Crippen MR) is 163 cm³/mol. The van der Waals surface area contributed by atoms with E-state index in [0.717, 1.165) is 96.3 Å². The van der Waals surface area contributed by atoms with Crippen LogP contribution in [0.1, 0.15) is 70.7 Å². The van der Waals surface area contributed by atoms with Gasteiger partial charge in [0.05, 0.1) is 18.2 Å². The monoisotopic (exact) mass is 626 g/mol. The lowest BCUT2D eigenvalue weighted by Gasteiger charge is -2.22. The Hall–Kier alpha value is -3.47. The van der Waals surface area contributed by atoms with Crippen molar-refractivity contribution in [3.63, 3.8) is 0 Å². The molecule has 2 aromatic rings. The maximum atomic E-state index is 13.3. The first-order valence-corrected chi connectivity index (χ1v) is 16.5. The van der Waals surface area contributed by atoms with Crippen LogP contribution >= 0.6 is 0 Å². The molecule has 1 heterocycles. The summed E-state index contributed by atoms with van der Waals surface area (Å²) in [6.07, 6.45) is 4.28. The van der Waals surface area contributed by atoms with Crippen molar-refractivity contribution in [1.29, 1.82) is 0 Å². The van der Waals surface area contributed by atoms with E-state index < -0.39 is 10.2 Å². The molecule has 10 heteroatoms. The quantitative estimate of drug-likeness (QED) is 0.101. The molecule has 0 N–H and O–H groups in total. The Bertz CT molecular complexity index is 1550. The second kappa shape index (κ2) is 16.6. The van der Waals surface area contributed by atoms with Gasteiger partial charge in [-0.15, -0.1) is 10.2 Å². The average molecular weight is 627 g/mol. The Morgan fingerprint density at radius 1 is 0.841 bits per heavy atom. The van der Waals surface area contributed by atoms with Crippen molar-refractivity contribution < 1.29 is 42.8 Å². The lowest BCUT2D eigenvalue weighted by molar-refractivity contribution is -2.00. The van der Waals surface area contributed by atoms with Gasteiger partial charge in [0, 0.05) is 47.4 Å². The molecule has 0 atom stereocenters. The van der Waals surface area contributed by atoms with Crippen LogP contribution in [0, 0.1) is 10.2 Å². The lowest BCUT2D eigenvalue weighted by atomic mass is 9.90. The summed E-state index contributed by atoms with van der Waals surface area (Å²) < 4.78 is 48.6. The minimum Gasteiger partial charge on any atom is -0.462 e. The van der Waals surface area contributed by atoms with Crippen LogP contribution in [0.15, 0.2) is 65.1 Å². The number of rotatable bonds is 12. The van der Waals surface area contributed by atoms with Gasteiger partial charge in [0.25, 0.3) is 0 Å². The molecule has 2 aliphatic rings. The van der Waals surface area contributed by atoms with Crippen LogP contribution in [0.3, 0.4) is 0 Å². The van der Waals surface area contributed by atoms with Crippen molar-refractivity contribution in [1.82, 2.24) is 4.58 Å². The Morgan fingerprint density at radius 3 is 2.16 bits per heavy atom. The number of hydrogen-bond acceptors (Lipinski definition) is 8. The molecule has 0 saturated carbocycles. The minimum atomic E-state index is -4.94. The fourth-order valence-electron chi connectivity index (χ4n) is 5.38. The first kappa shape index (κ1) is 35.0. The topological polar surface area (TPSA) is 138 Å². The van der Waals surface area contributed by atoms with Crippen molar-refractivity contribution >= 4 is 22.6 Å². The van der Waals surface area contributed by atoms with E-state index in [-0.39, 0.29) is 5.97 Å². The van der Waals surface area contributed by atoms with Gasteiger partial charge in [0.15, 0.2) is 0 Å². The van der Waals surface area contributed by atoms with E-state index in [1.807, 2.05) is 24.3 Å². The summed E-state index contributed by atoms with van der Waals surface area (Å²) in [4.78, 5) is 15.6. The van der Waals surface area contributed by atoms with Crippen LogP contribution in [0.4, 0.5) is 5.69 Å². The van der Waals surface area contributed by atoms with Gasteiger partial charge in [-0.3, -0.25) is 0 Å². The van der Waals surface area contributed by atoms with Gasteiger partial charge in [-0.2, -0.15) is 0 Å². The van der Waals surface area contributed by atoms with E-state index in [0.29, 0.717) is 12.2 Å². The first-order valence-electron chi connectivity index (χ1n) is 15.3. The van der Waals surface area contributed by atoms with E-state index in [1.165, 1.54) is 0 Å². The largest absolute Gasteiger partial charge is 0.462 e. The van der Waals surface area contributed by atoms with Crippen molar-refractivity contribution in [3.05, 3.63) is 71.6 Å². The van der Waals surface area contributed by atoms with Crippen LogP contribution in [-0.2, 0) is 4.74 Å². The third-order valence-corrected chi connectivity index (χ3v) is 7.59. The molecule has 0 bridgehead atoms. The third kappa shape index (κ3) is 9.27. The summed E-state index contributed by atoms with van der Waals surface area (Å²) in [6, 6.07) is 20.6. The number of carbonyl (C=O) groups excluding carboxylic acids is 1. The number of carbonyl (C=O) groups is 1. The highest BCUT2D eigenvalue weighted by Crippen LogP contribution is 2.42. The number of benzene rings is 3. The summed E-state index contributed by atoms with van der Waals surface area (Å²) in [5.41, 5.74) is 5.37. The highest BCUT2D eigenvalue weighted by molar-refractivity contribution is 6.08. The number of fused-ring (bicyclic) bond motifs is 2. The van der Waals surface area contributed by atoms with Crippen molar-refractivity contribution in [2.75, 3.05) is 37.7 Å². The second-order valence-corrected chi connectivity index (χ2v) is 11.1. The smallest absolute Gasteiger partial charge is 0.338 e. The molecule has 0 unspecified atom stereocenters. The number of esters is 1. The molecule has 1 aliphatic carbocycles. The van der Waals surface area contributed by atoms with Crippen LogP contribution in [0.2, 0.25) is 0 Å². The van der Waals surface area contributed by atoms with Crippen molar-refractivity contribution in [2.24, 2.45) is 0 Å². The maximum Gasteiger partial charge on any atom is 0.338 e. The van der Waals surface area contributed by atoms with Crippen molar-refractivity contribution in [2.45, 2.75) is 60.3 Å². The molecule has 0 radical (unpaired) electrons. The molecular formula is C34H43ClN2O7. The molecule has 44 heavy (non-hydrogen) atoms. The Morgan fingerprint density at radius 2 is 1.52 bits per heavy atom. The number of nitrogens with zero attached hydrogens (tertiary/aromatic N) is 2. The third-order valence-electron chi connectivity index (χ3n) is 7.59. The van der Waals surface area contributed by atoms with Crippen LogP contribution in [0.5, 0.6) is 0 Å². The number of anilines is 1. The SMILES string of the molecule is CCCCCCOC(=O)c1ccccc1-c1c2ccc(=[N+](CC)CC)cc-2oc2cc(N(CC)CC)ccc12.[O-][Cl+3]([O-])([O-])[O-]. The van der Waals surface area contributed by atoms with E-state index in [9.17, 15) is 4.79 Å². The Kier molecular flexibility index (Phi) is 13.2. The molecule has 0 spiro atoms. The molecule has 238 valence electrons. The summed E-state index contributed by atoms with van der Waals surface area (Å²) in [5.74, 6) is 0.532. The van der Waals surface area contributed by atoms with E-state index in [1.54, 1.807) is 0 Å². The summed E-state index contributed by atoms with van der Waals surface area (Å²) in [5, 5.41) is 2.11. The number of unbranched alkanes of at least 4 members (excludes halogenated alkanes) is 3. The fourth-order valence-corrected chi connectivity index (χ4v) is 5.38. The lowest BCUT2D eigenvalue weighted by Crippen LogP contribution is -2.68. The van der Waals surface area contributed by atoms with Gasteiger partial charge >= 0.3 is 5.97 Å². The van der Waals surface area contributed by atoms with E-state index in [2.05, 4.69) is 80.5 Å². The maximum absolute atomic E-state index is 13.3. The zero-order valence-electron chi connectivity index (χ0n) is 26.3. The van der Waals surface area contributed by atoms with E-state index >= 15 is 0 Å². The zero-order valence-corrected chi connectivity index (χ0v) is 27.0. The van der Waals surface area contributed by atoms with Gasteiger partial charge < -0.3 is 14.1 Å². The molecular weight excluding hydrogens is 584 g/mol. The molecule has 0 aromatic heterocycles. The molecule has 0 saturated heterocycles. The zero-order chi connectivity index (χ0) is 32.3. The summed E-state index contributed by atoms with van der Waals surface area (Å²) >= 11 is 0. The summed E-state index contributed by atoms with van der Waals surface area (Å²) in [6.45, 7) is 15.0. The van der Waals surface area contributed by atoms with Gasteiger partial charge in [0.2, 0.25) is 5.36 Å².